The van der Waals surface area contributed by atoms with E-state index in [4.69, 9.17) is 26.3 Å². The first kappa shape index (κ1) is 33.7. The van der Waals surface area contributed by atoms with E-state index >= 15 is 0 Å². The van der Waals surface area contributed by atoms with Crippen molar-refractivity contribution in [3.05, 3.63) is 155 Å². The van der Waals surface area contributed by atoms with Crippen molar-refractivity contribution >= 4 is 39.2 Å². The third-order valence-corrected chi connectivity index (χ3v) is 8.18. The van der Waals surface area contributed by atoms with E-state index in [0.29, 0.717) is 11.6 Å². The molecule has 0 aliphatic heterocycles. The van der Waals surface area contributed by atoms with Gasteiger partial charge in [0.15, 0.2) is 5.69 Å². The zero-order valence-corrected chi connectivity index (χ0v) is 25.6. The minimum absolute atomic E-state index is 0.0741. The summed E-state index contributed by atoms with van der Waals surface area (Å²) in [5.41, 5.74) is -7.30. The van der Waals surface area contributed by atoms with Crippen LogP contribution in [0.1, 0.15) is 61.2 Å². The standard InChI is InChI=1S/C38H9F3N10/c1-18-6-7-20(11-26(18)48-2)30-36(28(17-47)50-4)33-23(14-44)31-22(13-43)29(19-8-9-21(12-42)25(10-19)38(39,40)41)35(27(16-46)49-3)32(31)24(15-45)34(33)37(30)51-5/h6-11H,1H3/b35-27-,36-28+. The second-order valence-corrected chi connectivity index (χ2v) is 10.5. The first-order chi connectivity index (χ1) is 24.5. The van der Waals surface area contributed by atoms with E-state index in [0.717, 1.165) is 12.1 Å². The molecule has 3 aromatic carbocycles. The van der Waals surface area contributed by atoms with Crippen LogP contribution in [0.25, 0.3) is 52.9 Å². The average Bonchev–Trinajstić information content (AvgIpc) is 3.65. The van der Waals surface area contributed by atoms with Gasteiger partial charge in [-0.3, -0.25) is 0 Å². The van der Waals surface area contributed by atoms with Gasteiger partial charge in [0.2, 0.25) is 5.70 Å². The molecule has 0 heterocycles. The van der Waals surface area contributed by atoms with E-state index in [9.17, 15) is 44.7 Å². The molecule has 51 heavy (non-hydrogen) atoms. The van der Waals surface area contributed by atoms with Crippen molar-refractivity contribution in [1.82, 2.24) is 0 Å². The molecule has 10 nitrogen and oxygen atoms in total. The molecule has 3 aromatic rings. The number of nitrogens with zero attached hydrogens (tertiary/aromatic N) is 10. The molecule has 0 atom stereocenters. The van der Waals surface area contributed by atoms with Crippen molar-refractivity contribution in [2.45, 2.75) is 13.1 Å². The Kier molecular flexibility index (Phi) is 8.24. The number of allylic oxidation sites excluding steroid dienone is 7. The van der Waals surface area contributed by atoms with Crippen LogP contribution in [0.2, 0.25) is 0 Å². The normalized spacial score (nSPS) is 14.4. The van der Waals surface area contributed by atoms with Crippen LogP contribution in [0.5, 0.6) is 0 Å². The SMILES string of the molecule is [C-]#[N+]C1=C(c2ccc(C)c([N+]#[C-])c2)/C(=C(/C#N)[N+]#[C-])c2c(C#N)c3c(c(C#N)c21)/C(=C(/C#N)[N+]#[C-])C(c1ccc(C#N)c(C(F)(F)F)c1)=C3C#N. The Morgan fingerprint density at radius 2 is 1.20 bits per heavy atom. The highest BCUT2D eigenvalue weighted by Gasteiger charge is 2.44. The van der Waals surface area contributed by atoms with Crippen molar-refractivity contribution in [3.63, 3.8) is 0 Å². The number of fused-ring (bicyclic) bond motifs is 2. The number of aryl methyl sites for hydroxylation is 1. The molecule has 0 saturated carbocycles. The number of halogens is 3. The van der Waals surface area contributed by atoms with Crippen molar-refractivity contribution < 1.29 is 13.2 Å². The smallest absolute Gasteiger partial charge is 0.238 e. The Bertz CT molecular complexity index is 2760. The number of alkyl halides is 3. The molecule has 0 bridgehead atoms. The summed E-state index contributed by atoms with van der Waals surface area (Å²) >= 11 is 0. The lowest BCUT2D eigenvalue weighted by Gasteiger charge is -2.17. The van der Waals surface area contributed by atoms with Gasteiger partial charge >= 0.3 is 6.18 Å². The topological polar surface area (TPSA) is 160 Å². The Morgan fingerprint density at radius 1 is 0.647 bits per heavy atom. The second kappa shape index (κ2) is 12.5. The quantitative estimate of drug-likeness (QED) is 0.197. The average molecular weight is 663 g/mol. The van der Waals surface area contributed by atoms with Gasteiger partial charge in [0.05, 0.1) is 78.4 Å². The zero-order chi connectivity index (χ0) is 37.4. The predicted octanol–water partition coefficient (Wildman–Crippen LogP) is 8.74. The van der Waals surface area contributed by atoms with E-state index in [1.807, 2.05) is 18.2 Å². The van der Waals surface area contributed by atoms with E-state index in [-0.39, 0.29) is 55.9 Å². The number of rotatable bonds is 2. The first-order valence-electron chi connectivity index (χ1n) is 13.9. The van der Waals surface area contributed by atoms with Crippen LogP contribution in [0.15, 0.2) is 47.8 Å². The highest BCUT2D eigenvalue weighted by atomic mass is 19.4. The summed E-state index contributed by atoms with van der Waals surface area (Å²) in [5, 5.41) is 61.6. The summed E-state index contributed by atoms with van der Waals surface area (Å²) in [5.74, 6) is 0. The van der Waals surface area contributed by atoms with Crippen molar-refractivity contribution in [2.24, 2.45) is 0 Å². The molecule has 0 amide bonds. The molecule has 0 unspecified atom stereocenters. The number of hydrogen-bond acceptors (Lipinski definition) is 6. The fraction of sp³-hybridized carbons (Fsp3) is 0.0526. The Balaban J connectivity index is 2.10. The van der Waals surface area contributed by atoms with Crippen molar-refractivity contribution in [2.75, 3.05) is 0 Å². The van der Waals surface area contributed by atoms with Crippen molar-refractivity contribution in [3.8, 4) is 36.4 Å². The lowest BCUT2D eigenvalue weighted by atomic mass is 9.83. The van der Waals surface area contributed by atoms with Crippen LogP contribution in [-0.4, -0.2) is 0 Å². The van der Waals surface area contributed by atoms with Crippen LogP contribution >= 0.6 is 0 Å². The van der Waals surface area contributed by atoms with Crippen molar-refractivity contribution in [1.29, 1.82) is 31.6 Å². The largest absolute Gasteiger partial charge is 0.417 e. The maximum atomic E-state index is 14.1. The molecule has 0 N–H and O–H groups in total. The molecular weight excluding hydrogens is 653 g/mol. The Hall–Kier alpha value is -8.69. The monoisotopic (exact) mass is 662 g/mol. The van der Waals surface area contributed by atoms with Crippen LogP contribution in [0.3, 0.4) is 0 Å². The van der Waals surface area contributed by atoms with Crippen LogP contribution in [0.4, 0.5) is 18.9 Å². The van der Waals surface area contributed by atoms with Crippen LogP contribution in [-0.2, 0) is 6.18 Å². The van der Waals surface area contributed by atoms with Crippen LogP contribution in [0, 0.1) is 101 Å². The molecule has 13 heteroatoms. The lowest BCUT2D eigenvalue weighted by Crippen LogP contribution is -2.08. The molecule has 2 aliphatic rings. The summed E-state index contributed by atoms with van der Waals surface area (Å²) in [6, 6.07) is 17.4. The van der Waals surface area contributed by atoms with Gasteiger partial charge in [-0.15, -0.1) is 0 Å². The van der Waals surface area contributed by atoms with E-state index in [2.05, 4.69) is 19.4 Å². The van der Waals surface area contributed by atoms with Gasteiger partial charge in [-0.25, -0.2) is 29.9 Å². The molecule has 0 spiro atoms. The summed E-state index contributed by atoms with van der Waals surface area (Å²) in [7, 11) is 0. The number of hydrogen-bond donors (Lipinski definition) is 0. The third-order valence-electron chi connectivity index (χ3n) is 8.18. The molecule has 5 rings (SSSR count). The molecule has 0 radical (unpaired) electrons. The minimum Gasteiger partial charge on any atom is -0.238 e. The van der Waals surface area contributed by atoms with Gasteiger partial charge in [0, 0.05) is 16.7 Å². The van der Waals surface area contributed by atoms with Gasteiger partial charge in [-0.2, -0.15) is 34.2 Å². The Morgan fingerprint density at radius 3 is 1.69 bits per heavy atom. The first-order valence-corrected chi connectivity index (χ1v) is 13.9. The summed E-state index contributed by atoms with van der Waals surface area (Å²) in [4.78, 5) is 13.6. The summed E-state index contributed by atoms with van der Waals surface area (Å²) < 4.78 is 42.3. The van der Waals surface area contributed by atoms with Gasteiger partial charge < -0.3 is 0 Å². The third kappa shape index (κ3) is 4.80. The van der Waals surface area contributed by atoms with Gasteiger partial charge in [0.1, 0.15) is 12.1 Å². The predicted molar refractivity (Wildman–Crippen MR) is 174 cm³/mol. The highest BCUT2D eigenvalue weighted by Crippen LogP contribution is 2.58. The van der Waals surface area contributed by atoms with E-state index in [1.165, 1.54) is 18.2 Å². The molecule has 2 aliphatic carbocycles. The fourth-order valence-corrected chi connectivity index (χ4v) is 6.16. The van der Waals surface area contributed by atoms with Gasteiger partial charge in [-0.1, -0.05) is 18.2 Å². The highest BCUT2D eigenvalue weighted by molar-refractivity contribution is 6.31. The minimum atomic E-state index is -5.06. The summed E-state index contributed by atoms with van der Waals surface area (Å²) in [6.45, 7) is 33.0. The van der Waals surface area contributed by atoms with E-state index < -0.39 is 56.5 Å². The Labute approximate surface area is 287 Å². The molecule has 232 valence electrons. The maximum absolute atomic E-state index is 14.1. The fourth-order valence-electron chi connectivity index (χ4n) is 6.16. The van der Waals surface area contributed by atoms with Crippen LogP contribution < -0.4 is 0 Å². The lowest BCUT2D eigenvalue weighted by molar-refractivity contribution is -0.137. The second-order valence-electron chi connectivity index (χ2n) is 10.5. The number of benzene rings is 3. The molecule has 0 aromatic heterocycles. The molecule has 0 saturated heterocycles. The molecule has 0 fully saturated rings. The van der Waals surface area contributed by atoms with E-state index in [1.54, 1.807) is 25.1 Å². The van der Waals surface area contributed by atoms with Gasteiger partial charge in [-0.05, 0) is 69.7 Å². The number of nitriles is 6. The van der Waals surface area contributed by atoms with Gasteiger partial charge in [0.25, 0.3) is 11.4 Å². The molecular formula is C38H9F3N10. The summed E-state index contributed by atoms with van der Waals surface area (Å²) in [6.07, 6.45) is -5.06. The maximum Gasteiger partial charge on any atom is 0.417 e. The zero-order valence-electron chi connectivity index (χ0n) is 25.6.